The van der Waals surface area contributed by atoms with Crippen molar-refractivity contribution in [2.45, 2.75) is 0 Å². The number of nitro benzene ring substituents is 1. The van der Waals surface area contributed by atoms with Gasteiger partial charge in [0.1, 0.15) is 5.69 Å². The third-order valence-corrected chi connectivity index (χ3v) is 3.20. The van der Waals surface area contributed by atoms with Crippen molar-refractivity contribution in [3.05, 3.63) is 62.1 Å². The molecule has 21 heavy (non-hydrogen) atoms. The molecule has 0 atom stereocenters. The summed E-state index contributed by atoms with van der Waals surface area (Å²) in [7, 11) is 0. The largest absolute Gasteiger partial charge is 0.478 e. The van der Waals surface area contributed by atoms with E-state index < -0.39 is 10.9 Å². The Morgan fingerprint density at radius 3 is 2.48 bits per heavy atom. The average molecular weight is 327 g/mol. The van der Waals surface area contributed by atoms with Crippen LogP contribution in [0.5, 0.6) is 0 Å². The highest BCUT2D eigenvalue weighted by molar-refractivity contribution is 6.35. The Labute approximate surface area is 129 Å². The fourth-order valence-corrected chi connectivity index (χ4v) is 2.00. The van der Waals surface area contributed by atoms with Crippen LogP contribution >= 0.6 is 23.2 Å². The Morgan fingerprint density at radius 1 is 1.14 bits per heavy atom. The number of halogens is 2. The smallest absolute Gasteiger partial charge is 0.335 e. The van der Waals surface area contributed by atoms with Crippen LogP contribution in [0.15, 0.2) is 36.4 Å². The molecule has 8 heteroatoms. The normalized spacial score (nSPS) is 10.2. The minimum Gasteiger partial charge on any atom is -0.478 e. The summed E-state index contributed by atoms with van der Waals surface area (Å²) in [5.41, 5.74) is -0.0418. The summed E-state index contributed by atoms with van der Waals surface area (Å²) in [6, 6.07) is 8.18. The highest BCUT2D eigenvalue weighted by Crippen LogP contribution is 2.33. The zero-order valence-corrected chi connectivity index (χ0v) is 11.9. The fraction of sp³-hybridized carbons (Fsp3) is 0. The lowest BCUT2D eigenvalue weighted by Gasteiger charge is -2.09. The lowest BCUT2D eigenvalue weighted by molar-refractivity contribution is -0.383. The molecule has 0 aliphatic carbocycles. The molecule has 0 unspecified atom stereocenters. The SMILES string of the molecule is O=C(O)c1ccc(Nc2cc(Cl)ccc2Cl)c([N+](=O)[O-])c1. The molecule has 0 spiro atoms. The first-order chi connectivity index (χ1) is 9.88. The standard InChI is InChI=1S/C13H8Cl2N2O4/c14-8-2-3-9(15)11(6-8)16-10-4-1-7(13(18)19)5-12(10)17(20)21/h1-6,16H,(H,18,19). The summed E-state index contributed by atoms with van der Waals surface area (Å²) in [4.78, 5) is 21.2. The van der Waals surface area contributed by atoms with E-state index in [0.29, 0.717) is 15.7 Å². The van der Waals surface area contributed by atoms with Crippen LogP contribution in [-0.2, 0) is 0 Å². The predicted molar refractivity (Wildman–Crippen MR) is 79.8 cm³/mol. The Hall–Kier alpha value is -2.31. The molecular weight excluding hydrogens is 319 g/mol. The van der Waals surface area contributed by atoms with Crippen LogP contribution in [0.4, 0.5) is 17.1 Å². The van der Waals surface area contributed by atoms with Crippen molar-refractivity contribution in [1.82, 2.24) is 0 Å². The molecular formula is C13H8Cl2N2O4. The fourth-order valence-electron chi connectivity index (χ4n) is 1.66. The third-order valence-electron chi connectivity index (χ3n) is 2.64. The summed E-state index contributed by atoms with van der Waals surface area (Å²) < 4.78 is 0. The molecule has 108 valence electrons. The number of hydrogen-bond donors (Lipinski definition) is 2. The molecule has 2 rings (SSSR count). The topological polar surface area (TPSA) is 92.5 Å². The Morgan fingerprint density at radius 2 is 1.86 bits per heavy atom. The number of carboxylic acids is 1. The Balaban J connectivity index is 2.46. The number of aromatic carboxylic acids is 1. The second-order valence-electron chi connectivity index (χ2n) is 4.04. The number of carbonyl (C=O) groups is 1. The molecule has 0 saturated heterocycles. The van der Waals surface area contributed by atoms with Crippen molar-refractivity contribution in [1.29, 1.82) is 0 Å². The van der Waals surface area contributed by atoms with Crippen LogP contribution in [-0.4, -0.2) is 16.0 Å². The molecule has 0 bridgehead atoms. The van der Waals surface area contributed by atoms with Gasteiger partial charge in [-0.3, -0.25) is 10.1 Å². The maximum absolute atomic E-state index is 11.1. The number of benzene rings is 2. The van der Waals surface area contributed by atoms with Crippen LogP contribution in [0.1, 0.15) is 10.4 Å². The van der Waals surface area contributed by atoms with Crippen molar-refractivity contribution in [2.75, 3.05) is 5.32 Å². The summed E-state index contributed by atoms with van der Waals surface area (Å²) in [6.07, 6.45) is 0. The van der Waals surface area contributed by atoms with E-state index in [1.807, 2.05) is 0 Å². The molecule has 0 amide bonds. The zero-order valence-electron chi connectivity index (χ0n) is 10.3. The van der Waals surface area contributed by atoms with Gasteiger partial charge >= 0.3 is 5.97 Å². The second-order valence-corrected chi connectivity index (χ2v) is 4.89. The van der Waals surface area contributed by atoms with Gasteiger partial charge in [0.25, 0.3) is 5.69 Å². The van der Waals surface area contributed by atoms with Gasteiger partial charge < -0.3 is 10.4 Å². The molecule has 0 aromatic heterocycles. The molecule has 2 N–H and O–H groups in total. The van der Waals surface area contributed by atoms with Gasteiger partial charge in [-0.25, -0.2) is 4.79 Å². The summed E-state index contributed by atoms with van der Waals surface area (Å²) in [6.45, 7) is 0. The molecule has 6 nitrogen and oxygen atoms in total. The molecule has 0 heterocycles. The molecule has 2 aromatic rings. The third kappa shape index (κ3) is 3.42. The van der Waals surface area contributed by atoms with E-state index in [2.05, 4.69) is 5.32 Å². The van der Waals surface area contributed by atoms with E-state index >= 15 is 0 Å². The van der Waals surface area contributed by atoms with E-state index in [4.69, 9.17) is 28.3 Å². The lowest BCUT2D eigenvalue weighted by Crippen LogP contribution is -2.02. The molecule has 2 aromatic carbocycles. The van der Waals surface area contributed by atoms with Gasteiger partial charge in [0.05, 0.1) is 21.2 Å². The van der Waals surface area contributed by atoms with E-state index in [1.165, 1.54) is 18.2 Å². The van der Waals surface area contributed by atoms with Gasteiger partial charge in [-0.15, -0.1) is 0 Å². The first-order valence-electron chi connectivity index (χ1n) is 5.62. The zero-order chi connectivity index (χ0) is 15.6. The van der Waals surface area contributed by atoms with E-state index in [0.717, 1.165) is 6.07 Å². The first-order valence-corrected chi connectivity index (χ1v) is 6.38. The van der Waals surface area contributed by atoms with Gasteiger partial charge in [-0.05, 0) is 30.3 Å². The summed E-state index contributed by atoms with van der Waals surface area (Å²) in [5, 5.41) is 23.4. The number of nitrogens with zero attached hydrogens (tertiary/aromatic N) is 1. The van der Waals surface area contributed by atoms with Crippen LogP contribution in [0.2, 0.25) is 10.0 Å². The molecule has 0 fully saturated rings. The Kier molecular flexibility index (Phi) is 4.30. The van der Waals surface area contributed by atoms with Gasteiger partial charge in [-0.2, -0.15) is 0 Å². The van der Waals surface area contributed by atoms with E-state index in [1.54, 1.807) is 12.1 Å². The van der Waals surface area contributed by atoms with Crippen LogP contribution in [0.25, 0.3) is 0 Å². The van der Waals surface area contributed by atoms with E-state index in [-0.39, 0.29) is 16.9 Å². The van der Waals surface area contributed by atoms with Crippen molar-refractivity contribution >= 4 is 46.2 Å². The average Bonchev–Trinajstić information content (AvgIpc) is 2.42. The molecule has 0 radical (unpaired) electrons. The van der Waals surface area contributed by atoms with Gasteiger partial charge in [0, 0.05) is 11.1 Å². The van der Waals surface area contributed by atoms with Crippen molar-refractivity contribution in [2.24, 2.45) is 0 Å². The number of hydrogen-bond acceptors (Lipinski definition) is 4. The van der Waals surface area contributed by atoms with Gasteiger partial charge in [-0.1, -0.05) is 23.2 Å². The predicted octanol–water partition coefficient (Wildman–Crippen LogP) is 4.34. The van der Waals surface area contributed by atoms with Crippen LogP contribution in [0, 0.1) is 10.1 Å². The number of rotatable bonds is 4. The maximum atomic E-state index is 11.1. The Bertz CT molecular complexity index is 734. The maximum Gasteiger partial charge on any atom is 0.335 e. The lowest BCUT2D eigenvalue weighted by atomic mass is 10.1. The van der Waals surface area contributed by atoms with Gasteiger partial charge in [0.2, 0.25) is 0 Å². The second kappa shape index (κ2) is 5.99. The number of anilines is 2. The van der Waals surface area contributed by atoms with Crippen LogP contribution in [0.3, 0.4) is 0 Å². The molecule has 0 aliphatic rings. The summed E-state index contributed by atoms with van der Waals surface area (Å²) >= 11 is 11.8. The molecule has 0 aliphatic heterocycles. The van der Waals surface area contributed by atoms with Crippen molar-refractivity contribution in [3.8, 4) is 0 Å². The number of nitrogens with one attached hydrogen (secondary N) is 1. The quantitative estimate of drug-likeness (QED) is 0.643. The summed E-state index contributed by atoms with van der Waals surface area (Å²) in [5.74, 6) is -1.24. The van der Waals surface area contributed by atoms with E-state index in [9.17, 15) is 14.9 Å². The van der Waals surface area contributed by atoms with Crippen molar-refractivity contribution < 1.29 is 14.8 Å². The minimum absolute atomic E-state index is 0.120. The monoisotopic (exact) mass is 326 g/mol. The highest BCUT2D eigenvalue weighted by Gasteiger charge is 2.18. The number of nitro groups is 1. The first kappa shape index (κ1) is 15.1. The highest BCUT2D eigenvalue weighted by atomic mass is 35.5. The minimum atomic E-state index is -1.24. The van der Waals surface area contributed by atoms with Crippen LogP contribution < -0.4 is 5.32 Å². The van der Waals surface area contributed by atoms with Gasteiger partial charge in [0.15, 0.2) is 0 Å². The molecule has 0 saturated carbocycles. The number of carboxylic acid groups (broad SMARTS) is 1. The van der Waals surface area contributed by atoms with Crippen molar-refractivity contribution in [3.63, 3.8) is 0 Å².